The van der Waals surface area contributed by atoms with Gasteiger partial charge in [-0.1, -0.05) is 45.4 Å². The Balaban J connectivity index is 3.94. The normalized spacial score (nSPS) is 13.4. The Bertz CT molecular complexity index is 247. The first-order valence-electron chi connectivity index (χ1n) is 9.90. The second-order valence-corrected chi connectivity index (χ2v) is 7.04. The van der Waals surface area contributed by atoms with Gasteiger partial charge in [0.1, 0.15) is 0 Å². The molecule has 0 radical (unpaired) electrons. The lowest BCUT2D eigenvalue weighted by molar-refractivity contribution is -0.380. The molecule has 0 saturated heterocycles. The number of rotatable bonds is 18. The fraction of sp³-hybridized carbons (Fsp3) is 1.00. The molecule has 0 spiro atoms. The van der Waals surface area contributed by atoms with Gasteiger partial charge in [0.05, 0.1) is 0 Å². The maximum atomic E-state index is 9.38. The zero-order chi connectivity index (χ0) is 18.1. The Morgan fingerprint density at radius 3 is 1.71 bits per heavy atom. The molecule has 0 fully saturated rings. The van der Waals surface area contributed by atoms with E-state index >= 15 is 0 Å². The summed E-state index contributed by atoms with van der Waals surface area (Å²) in [6.45, 7) is 9.90. The molecule has 0 bridgehead atoms. The van der Waals surface area contributed by atoms with Crippen LogP contribution in [0.15, 0.2) is 0 Å². The van der Waals surface area contributed by atoms with E-state index in [1.54, 1.807) is 0 Å². The topological polar surface area (TPSA) is 47.9 Å². The third-order valence-corrected chi connectivity index (χ3v) is 4.90. The van der Waals surface area contributed by atoms with Crippen molar-refractivity contribution in [2.75, 3.05) is 19.8 Å². The van der Waals surface area contributed by atoms with Gasteiger partial charge in [-0.05, 0) is 52.1 Å². The predicted octanol–water partition coefficient (Wildman–Crippen LogP) is 6.25. The second-order valence-electron chi connectivity index (χ2n) is 6.16. The van der Waals surface area contributed by atoms with Crippen LogP contribution in [-0.4, -0.2) is 35.6 Å². The molecule has 0 aromatic rings. The van der Waals surface area contributed by atoms with Crippen LogP contribution >= 0.6 is 12.0 Å². The maximum Gasteiger partial charge on any atom is 0.282 e. The minimum Gasteiger partial charge on any atom is -0.330 e. The van der Waals surface area contributed by atoms with Gasteiger partial charge in [0.2, 0.25) is 0 Å². The first-order valence-corrected chi connectivity index (χ1v) is 10.7. The lowest BCUT2D eigenvalue weighted by Gasteiger charge is -2.32. The Kier molecular flexibility index (Phi) is 16.8. The molecule has 1 unspecified atom stereocenters. The molecule has 5 heteroatoms. The minimum absolute atomic E-state index is 0.408. The van der Waals surface area contributed by atoms with E-state index in [1.165, 1.54) is 32.1 Å². The zero-order valence-electron chi connectivity index (χ0n) is 16.3. The van der Waals surface area contributed by atoms with E-state index in [2.05, 4.69) is 6.92 Å². The quantitative estimate of drug-likeness (QED) is 0.177. The van der Waals surface area contributed by atoms with Gasteiger partial charge in [-0.2, -0.15) is 0 Å². The summed E-state index contributed by atoms with van der Waals surface area (Å²) in [7, 11) is 0. The molecule has 0 aromatic carbocycles. The van der Waals surface area contributed by atoms with Crippen LogP contribution in [0, 0.1) is 0 Å². The van der Waals surface area contributed by atoms with E-state index in [0.29, 0.717) is 25.1 Å². The molecule has 0 aliphatic rings. The summed E-state index contributed by atoms with van der Waals surface area (Å²) >= 11 is 1.05. The summed E-state index contributed by atoms with van der Waals surface area (Å²) < 4.78 is 26.6. The van der Waals surface area contributed by atoms with Gasteiger partial charge >= 0.3 is 0 Å². The lowest BCUT2D eigenvalue weighted by Crippen LogP contribution is -2.39. The molecule has 0 aromatic heterocycles. The van der Waals surface area contributed by atoms with Crippen molar-refractivity contribution < 1.29 is 18.8 Å². The molecular weight excluding hydrogens is 324 g/mol. The summed E-state index contributed by atoms with van der Waals surface area (Å²) in [4.78, 5) is 0. The van der Waals surface area contributed by atoms with E-state index in [-0.39, 0.29) is 0 Å². The minimum atomic E-state index is -0.859. The van der Waals surface area contributed by atoms with Crippen LogP contribution < -0.4 is 0 Å². The molecule has 24 heavy (non-hydrogen) atoms. The molecule has 4 nitrogen and oxygen atoms in total. The second kappa shape index (κ2) is 16.6. The highest BCUT2D eigenvalue weighted by molar-refractivity contribution is 7.94. The van der Waals surface area contributed by atoms with Crippen molar-refractivity contribution in [3.8, 4) is 0 Å². The van der Waals surface area contributed by atoms with Gasteiger partial charge in [0, 0.05) is 31.5 Å². The van der Waals surface area contributed by atoms with Crippen LogP contribution in [0.25, 0.3) is 0 Å². The van der Waals surface area contributed by atoms with Crippen molar-refractivity contribution in [2.45, 2.75) is 103 Å². The average Bonchev–Trinajstić information content (AvgIpc) is 2.57. The van der Waals surface area contributed by atoms with Crippen LogP contribution in [0.2, 0.25) is 0 Å². The number of ether oxygens (including phenoxy) is 3. The fourth-order valence-electron chi connectivity index (χ4n) is 2.94. The summed E-state index contributed by atoms with van der Waals surface area (Å²) in [6, 6.07) is 0. The average molecular weight is 365 g/mol. The summed E-state index contributed by atoms with van der Waals surface area (Å²) in [5, 5.41) is 0.408. The van der Waals surface area contributed by atoms with Gasteiger partial charge < -0.3 is 18.8 Å². The first kappa shape index (κ1) is 24.2. The molecule has 1 atom stereocenters. The van der Waals surface area contributed by atoms with Crippen LogP contribution in [0.5, 0.6) is 0 Å². The Morgan fingerprint density at radius 1 is 0.750 bits per heavy atom. The van der Waals surface area contributed by atoms with Gasteiger partial charge in [-0.15, -0.1) is 0 Å². The third kappa shape index (κ3) is 11.7. The highest BCUT2D eigenvalue weighted by Gasteiger charge is 2.31. The van der Waals surface area contributed by atoms with Crippen molar-refractivity contribution in [3.05, 3.63) is 0 Å². The van der Waals surface area contributed by atoms with Gasteiger partial charge in [-0.3, -0.25) is 0 Å². The summed E-state index contributed by atoms with van der Waals surface area (Å²) in [6.07, 6.45) is 11.3. The number of hydrogen-bond acceptors (Lipinski definition) is 5. The van der Waals surface area contributed by atoms with Crippen molar-refractivity contribution in [3.63, 3.8) is 0 Å². The number of hydrogen-bond donors (Lipinski definition) is 1. The van der Waals surface area contributed by atoms with Crippen LogP contribution in [-0.2, 0) is 14.2 Å². The van der Waals surface area contributed by atoms with Crippen molar-refractivity contribution in [1.82, 2.24) is 0 Å². The van der Waals surface area contributed by atoms with Crippen LogP contribution in [0.1, 0.15) is 91.9 Å². The van der Waals surface area contributed by atoms with Gasteiger partial charge in [-0.25, -0.2) is 0 Å². The van der Waals surface area contributed by atoms with Gasteiger partial charge in [0.25, 0.3) is 5.97 Å². The molecule has 0 amide bonds. The smallest absolute Gasteiger partial charge is 0.282 e. The van der Waals surface area contributed by atoms with E-state index in [9.17, 15) is 4.55 Å². The van der Waals surface area contributed by atoms with E-state index in [4.69, 9.17) is 14.2 Å². The SMILES string of the molecule is CCCCCC(CCCCCCC(OCC)(OCC)OCC)SO. The van der Waals surface area contributed by atoms with Crippen molar-refractivity contribution in [2.24, 2.45) is 0 Å². The Morgan fingerprint density at radius 2 is 1.25 bits per heavy atom. The molecule has 0 aliphatic heterocycles. The van der Waals surface area contributed by atoms with Crippen molar-refractivity contribution in [1.29, 1.82) is 0 Å². The largest absolute Gasteiger partial charge is 0.330 e. The highest BCUT2D eigenvalue weighted by atomic mass is 32.2. The monoisotopic (exact) mass is 364 g/mol. The Hall–Kier alpha value is 0.190. The number of unbranched alkanes of at least 4 members (excludes halogenated alkanes) is 5. The van der Waals surface area contributed by atoms with Crippen molar-refractivity contribution >= 4 is 12.0 Å². The molecule has 0 heterocycles. The summed E-state index contributed by atoms with van der Waals surface area (Å²) in [5.74, 6) is -0.859. The molecule has 146 valence electrons. The first-order chi connectivity index (χ1) is 11.7. The molecule has 1 N–H and O–H groups in total. The third-order valence-electron chi connectivity index (χ3n) is 4.13. The Labute approximate surface area is 154 Å². The van der Waals surface area contributed by atoms with E-state index in [1.807, 2.05) is 20.8 Å². The molecular formula is C19H40O4S. The standard InChI is InChI=1S/C19H40O4S/c1-5-9-12-15-18(24-20)16-13-10-11-14-17-19(21-6-2,22-7-3)23-8-4/h18,20H,5-17H2,1-4H3. The highest BCUT2D eigenvalue weighted by Crippen LogP contribution is 2.25. The molecule has 0 rings (SSSR count). The summed E-state index contributed by atoms with van der Waals surface area (Å²) in [5.41, 5.74) is 0. The molecule has 0 aliphatic carbocycles. The van der Waals surface area contributed by atoms with E-state index < -0.39 is 5.97 Å². The van der Waals surface area contributed by atoms with E-state index in [0.717, 1.165) is 44.1 Å². The van der Waals surface area contributed by atoms with Gasteiger partial charge in [0.15, 0.2) is 0 Å². The maximum absolute atomic E-state index is 9.38. The zero-order valence-corrected chi connectivity index (χ0v) is 17.2. The molecule has 0 saturated carbocycles. The fourth-order valence-corrected chi connectivity index (χ4v) is 3.48. The predicted molar refractivity (Wildman–Crippen MR) is 103 cm³/mol. The van der Waals surface area contributed by atoms with Crippen LogP contribution in [0.4, 0.5) is 0 Å². The van der Waals surface area contributed by atoms with Crippen LogP contribution in [0.3, 0.4) is 0 Å². The lowest BCUT2D eigenvalue weighted by atomic mass is 10.0.